The zero-order chi connectivity index (χ0) is 16.3. The van der Waals surface area contributed by atoms with E-state index in [1.165, 1.54) is 48.5 Å². The quantitative estimate of drug-likeness (QED) is 0.811. The molecule has 0 saturated carbocycles. The Bertz CT molecular complexity index is 782. The van der Waals surface area contributed by atoms with Crippen LogP contribution in [0.25, 0.3) is 0 Å². The van der Waals surface area contributed by atoms with Crippen LogP contribution in [-0.4, -0.2) is 20.6 Å². The highest BCUT2D eigenvalue weighted by Gasteiger charge is 2.16. The predicted molar refractivity (Wildman–Crippen MR) is 79.8 cm³/mol. The number of benzene rings is 2. The third-order valence-corrected chi connectivity index (χ3v) is 4.23. The molecule has 0 bridgehead atoms. The van der Waals surface area contributed by atoms with Crippen LogP contribution in [0, 0.1) is 5.82 Å². The van der Waals surface area contributed by atoms with Crippen LogP contribution < -0.4 is 0 Å². The molecule has 0 aliphatic carbocycles. The monoisotopic (exact) mass is 322 g/mol. The van der Waals surface area contributed by atoms with Gasteiger partial charge in [0.15, 0.2) is 9.84 Å². The van der Waals surface area contributed by atoms with Gasteiger partial charge in [-0.25, -0.2) is 17.6 Å². The minimum absolute atomic E-state index is 0.0522. The van der Waals surface area contributed by atoms with Crippen molar-refractivity contribution < 1.29 is 22.3 Å². The van der Waals surface area contributed by atoms with Crippen molar-refractivity contribution in [1.82, 2.24) is 0 Å². The molecule has 0 amide bonds. The lowest BCUT2D eigenvalue weighted by atomic mass is 10.1. The lowest BCUT2D eigenvalue weighted by Gasteiger charge is -2.14. The molecule has 0 spiro atoms. The van der Waals surface area contributed by atoms with Crippen molar-refractivity contribution in [3.63, 3.8) is 0 Å². The van der Waals surface area contributed by atoms with E-state index in [0.717, 1.165) is 6.26 Å². The molecule has 0 aliphatic rings. The summed E-state index contributed by atoms with van der Waals surface area (Å²) in [7, 11) is -3.39. The zero-order valence-electron chi connectivity index (χ0n) is 12.1. The van der Waals surface area contributed by atoms with Crippen LogP contribution in [0.4, 0.5) is 4.39 Å². The van der Waals surface area contributed by atoms with Gasteiger partial charge in [0.05, 0.1) is 10.5 Å². The second-order valence-electron chi connectivity index (χ2n) is 4.90. The molecule has 0 radical (unpaired) electrons. The van der Waals surface area contributed by atoms with Gasteiger partial charge in [-0.05, 0) is 42.8 Å². The molecule has 0 fully saturated rings. The summed E-state index contributed by atoms with van der Waals surface area (Å²) in [5.41, 5.74) is 0.797. The molecule has 2 rings (SSSR count). The van der Waals surface area contributed by atoms with Gasteiger partial charge in [-0.1, -0.05) is 18.2 Å². The van der Waals surface area contributed by atoms with Gasteiger partial charge in [0, 0.05) is 6.26 Å². The first-order valence-electron chi connectivity index (χ1n) is 6.54. The molecule has 1 unspecified atom stereocenters. The smallest absolute Gasteiger partial charge is 0.338 e. The molecule has 22 heavy (non-hydrogen) atoms. The number of carbonyl (C=O) groups is 1. The molecule has 0 N–H and O–H groups in total. The van der Waals surface area contributed by atoms with Crippen LogP contribution >= 0.6 is 0 Å². The second kappa shape index (κ2) is 6.27. The Morgan fingerprint density at radius 1 is 1.14 bits per heavy atom. The summed E-state index contributed by atoms with van der Waals surface area (Å²) < 4.78 is 41.1. The number of hydrogen-bond donors (Lipinski definition) is 0. The second-order valence-corrected chi connectivity index (χ2v) is 6.91. The normalized spacial score (nSPS) is 12.7. The van der Waals surface area contributed by atoms with Crippen LogP contribution in [0.2, 0.25) is 0 Å². The number of carbonyl (C=O) groups excluding carboxylic acids is 1. The fourth-order valence-corrected chi connectivity index (χ4v) is 2.55. The Morgan fingerprint density at radius 3 is 2.36 bits per heavy atom. The van der Waals surface area contributed by atoms with Gasteiger partial charge in [-0.15, -0.1) is 0 Å². The lowest BCUT2D eigenvalue weighted by molar-refractivity contribution is 0.0337. The number of rotatable bonds is 4. The van der Waals surface area contributed by atoms with Crippen molar-refractivity contribution in [3.05, 3.63) is 65.5 Å². The number of halogens is 1. The summed E-state index contributed by atoms with van der Waals surface area (Å²) in [6.45, 7) is 1.66. The van der Waals surface area contributed by atoms with Crippen LogP contribution in [0.15, 0.2) is 53.4 Å². The van der Waals surface area contributed by atoms with E-state index in [1.807, 2.05) is 0 Å². The van der Waals surface area contributed by atoms with Crippen molar-refractivity contribution in [3.8, 4) is 0 Å². The highest BCUT2D eigenvalue weighted by molar-refractivity contribution is 7.90. The van der Waals surface area contributed by atoms with Crippen LogP contribution in [-0.2, 0) is 14.6 Å². The summed E-state index contributed by atoms with van der Waals surface area (Å²) in [6.07, 6.45) is 0.494. The number of hydrogen-bond acceptors (Lipinski definition) is 4. The molecular weight excluding hydrogens is 307 g/mol. The molecule has 4 nitrogen and oxygen atoms in total. The first kappa shape index (κ1) is 16.2. The fourth-order valence-electron chi connectivity index (χ4n) is 1.88. The Balaban J connectivity index is 2.17. The van der Waals surface area contributed by atoms with Crippen LogP contribution in [0.1, 0.15) is 28.9 Å². The fraction of sp³-hybridized carbons (Fsp3) is 0.188. The lowest BCUT2D eigenvalue weighted by Crippen LogP contribution is -2.10. The van der Waals surface area contributed by atoms with E-state index in [0.29, 0.717) is 5.56 Å². The third-order valence-electron chi connectivity index (χ3n) is 3.12. The average molecular weight is 322 g/mol. The van der Waals surface area contributed by atoms with Crippen molar-refractivity contribution in [2.24, 2.45) is 0 Å². The van der Waals surface area contributed by atoms with Gasteiger partial charge >= 0.3 is 5.97 Å². The van der Waals surface area contributed by atoms with Gasteiger partial charge in [-0.3, -0.25) is 0 Å². The van der Waals surface area contributed by atoms with Gasteiger partial charge in [0.25, 0.3) is 0 Å². The van der Waals surface area contributed by atoms with E-state index in [-0.39, 0.29) is 16.3 Å². The molecule has 6 heteroatoms. The maximum Gasteiger partial charge on any atom is 0.338 e. The zero-order valence-corrected chi connectivity index (χ0v) is 12.9. The maximum atomic E-state index is 12.9. The Hall–Kier alpha value is -2.21. The van der Waals surface area contributed by atoms with Crippen molar-refractivity contribution >= 4 is 15.8 Å². The van der Waals surface area contributed by atoms with E-state index in [2.05, 4.69) is 0 Å². The Kier molecular flexibility index (Phi) is 4.61. The molecular formula is C16H15FO4S. The van der Waals surface area contributed by atoms with Gasteiger partial charge in [-0.2, -0.15) is 0 Å². The summed E-state index contributed by atoms with van der Waals surface area (Å²) in [4.78, 5) is 12.1. The molecule has 0 aromatic heterocycles. The van der Waals surface area contributed by atoms with Crippen molar-refractivity contribution in [1.29, 1.82) is 0 Å². The number of ether oxygens (including phenoxy) is 1. The summed E-state index contributed by atoms with van der Waals surface area (Å²) >= 11 is 0. The Labute approximate surface area is 128 Å². The molecule has 1 atom stereocenters. The van der Waals surface area contributed by atoms with Crippen molar-refractivity contribution in [2.75, 3.05) is 6.26 Å². The van der Waals surface area contributed by atoms with E-state index in [1.54, 1.807) is 6.92 Å². The standard InChI is InChI=1S/C16H15FO4S/c1-11(12-6-8-14(17)9-7-12)21-16(18)13-4-3-5-15(10-13)22(2,19)20/h3-11H,1-2H3. The molecule has 0 heterocycles. The molecule has 0 aliphatic heterocycles. The third kappa shape index (κ3) is 3.92. The van der Waals surface area contributed by atoms with Crippen molar-refractivity contribution in [2.45, 2.75) is 17.9 Å². The number of sulfone groups is 1. The average Bonchev–Trinajstić information content (AvgIpc) is 2.47. The summed E-state index contributed by atoms with van der Waals surface area (Å²) in [5, 5.41) is 0. The molecule has 2 aromatic rings. The molecule has 2 aromatic carbocycles. The first-order valence-corrected chi connectivity index (χ1v) is 8.43. The minimum atomic E-state index is -3.39. The largest absolute Gasteiger partial charge is 0.454 e. The highest BCUT2D eigenvalue weighted by atomic mass is 32.2. The SMILES string of the molecule is CC(OC(=O)c1cccc(S(C)(=O)=O)c1)c1ccc(F)cc1. The maximum absolute atomic E-state index is 12.9. The van der Waals surface area contributed by atoms with Crippen LogP contribution in [0.3, 0.4) is 0 Å². The van der Waals surface area contributed by atoms with Gasteiger partial charge in [0.1, 0.15) is 11.9 Å². The molecule has 116 valence electrons. The topological polar surface area (TPSA) is 60.4 Å². The minimum Gasteiger partial charge on any atom is -0.454 e. The van der Waals surface area contributed by atoms with E-state index >= 15 is 0 Å². The highest BCUT2D eigenvalue weighted by Crippen LogP contribution is 2.20. The van der Waals surface area contributed by atoms with Gasteiger partial charge < -0.3 is 4.74 Å². The van der Waals surface area contributed by atoms with Crippen LogP contribution in [0.5, 0.6) is 0 Å². The predicted octanol–water partition coefficient (Wildman–Crippen LogP) is 3.15. The van der Waals surface area contributed by atoms with E-state index in [4.69, 9.17) is 4.74 Å². The van der Waals surface area contributed by atoms with E-state index in [9.17, 15) is 17.6 Å². The van der Waals surface area contributed by atoms with E-state index < -0.39 is 21.9 Å². The number of esters is 1. The van der Waals surface area contributed by atoms with Gasteiger partial charge in [0.2, 0.25) is 0 Å². The molecule has 0 saturated heterocycles. The first-order chi connectivity index (χ1) is 10.3. The summed E-state index contributed by atoms with van der Waals surface area (Å²) in [5.74, 6) is -1.01. The Morgan fingerprint density at radius 2 is 1.77 bits per heavy atom. The summed E-state index contributed by atoms with van der Waals surface area (Å²) in [6, 6.07) is 11.3.